The van der Waals surface area contributed by atoms with Crippen LogP contribution in [0.2, 0.25) is 0 Å². The predicted octanol–water partition coefficient (Wildman–Crippen LogP) is 1.25. The number of rotatable bonds is 7. The first-order chi connectivity index (χ1) is 11.1. The number of hydrogen-bond acceptors (Lipinski definition) is 5. The number of benzene rings is 1. The average molecular weight is 319 g/mol. The van der Waals surface area contributed by atoms with Gasteiger partial charge in [-0.2, -0.15) is 0 Å². The first kappa shape index (κ1) is 17.3. The van der Waals surface area contributed by atoms with Gasteiger partial charge in [0.15, 0.2) is 0 Å². The van der Waals surface area contributed by atoms with E-state index in [1.807, 2.05) is 18.2 Å². The van der Waals surface area contributed by atoms with Crippen molar-refractivity contribution in [2.24, 2.45) is 5.73 Å². The summed E-state index contributed by atoms with van der Waals surface area (Å²) in [6.07, 6.45) is 1.26. The number of carbonyl (C=O) groups is 2. The number of nitrogens with two attached hydrogens (primary N) is 1. The lowest BCUT2D eigenvalue weighted by Crippen LogP contribution is -2.46. The zero-order valence-corrected chi connectivity index (χ0v) is 13.7. The topological polar surface area (TPSA) is 75.9 Å². The second-order valence-electron chi connectivity index (χ2n) is 5.67. The second kappa shape index (κ2) is 8.53. The normalized spacial score (nSPS) is 15.4. The molecule has 1 aliphatic rings. The molecule has 23 heavy (non-hydrogen) atoms. The maximum absolute atomic E-state index is 11.8. The predicted molar refractivity (Wildman–Crippen MR) is 89.5 cm³/mol. The van der Waals surface area contributed by atoms with Crippen LogP contribution in [0.25, 0.3) is 0 Å². The first-order valence-electron chi connectivity index (χ1n) is 8.13. The number of esters is 1. The summed E-state index contributed by atoms with van der Waals surface area (Å²) < 4.78 is 5.05. The summed E-state index contributed by atoms with van der Waals surface area (Å²) >= 11 is 0. The summed E-state index contributed by atoms with van der Waals surface area (Å²) in [5.74, 6) is -0.515. The van der Waals surface area contributed by atoms with Crippen molar-refractivity contribution in [2.75, 3.05) is 44.2 Å². The molecule has 0 saturated carbocycles. The van der Waals surface area contributed by atoms with Gasteiger partial charge >= 0.3 is 5.97 Å². The van der Waals surface area contributed by atoms with Crippen LogP contribution in [-0.2, 0) is 9.53 Å². The molecule has 0 spiro atoms. The van der Waals surface area contributed by atoms with E-state index in [0.717, 1.165) is 44.8 Å². The average Bonchev–Trinajstić information content (AvgIpc) is 2.55. The highest BCUT2D eigenvalue weighted by Crippen LogP contribution is 2.19. The molecule has 0 atom stereocenters. The molecule has 0 aromatic heterocycles. The van der Waals surface area contributed by atoms with Gasteiger partial charge in [-0.3, -0.25) is 9.69 Å². The maximum atomic E-state index is 11.8. The van der Waals surface area contributed by atoms with E-state index in [9.17, 15) is 9.59 Å². The van der Waals surface area contributed by atoms with Crippen molar-refractivity contribution < 1.29 is 14.3 Å². The number of carbonyl (C=O) groups excluding carboxylic acids is 2. The Kier molecular flexibility index (Phi) is 6.40. The minimum absolute atomic E-state index is 0.237. The summed E-state index contributed by atoms with van der Waals surface area (Å²) in [7, 11) is 0. The Morgan fingerprint density at radius 1 is 1.22 bits per heavy atom. The van der Waals surface area contributed by atoms with Crippen LogP contribution in [0.1, 0.15) is 30.1 Å². The quantitative estimate of drug-likeness (QED) is 0.766. The molecule has 0 radical (unpaired) electrons. The van der Waals surface area contributed by atoms with Gasteiger partial charge in [0.2, 0.25) is 5.91 Å². The van der Waals surface area contributed by atoms with Gasteiger partial charge < -0.3 is 15.4 Å². The van der Waals surface area contributed by atoms with Gasteiger partial charge in [0, 0.05) is 38.3 Å². The van der Waals surface area contributed by atoms with Gasteiger partial charge in [-0.1, -0.05) is 6.07 Å². The fourth-order valence-corrected chi connectivity index (χ4v) is 2.75. The lowest BCUT2D eigenvalue weighted by Gasteiger charge is -2.36. The van der Waals surface area contributed by atoms with Crippen molar-refractivity contribution in [3.8, 4) is 0 Å². The number of ether oxygens (including phenoxy) is 1. The molecular formula is C17H25N3O3. The minimum Gasteiger partial charge on any atom is -0.462 e. The van der Waals surface area contributed by atoms with Crippen molar-refractivity contribution in [3.05, 3.63) is 29.8 Å². The molecule has 1 aliphatic heterocycles. The van der Waals surface area contributed by atoms with Gasteiger partial charge in [-0.15, -0.1) is 0 Å². The summed E-state index contributed by atoms with van der Waals surface area (Å²) in [5.41, 5.74) is 6.80. The van der Waals surface area contributed by atoms with Crippen LogP contribution in [0, 0.1) is 0 Å². The standard InChI is InChI=1S/C17H25N3O3/c1-2-23-17(22)14-5-3-6-15(13-14)20-11-9-19(10-12-20)8-4-7-16(18)21/h3,5-6,13H,2,4,7-12H2,1H3,(H2,18,21). The van der Waals surface area contributed by atoms with E-state index in [-0.39, 0.29) is 11.9 Å². The largest absolute Gasteiger partial charge is 0.462 e. The van der Waals surface area contributed by atoms with Crippen molar-refractivity contribution in [2.45, 2.75) is 19.8 Å². The summed E-state index contributed by atoms with van der Waals surface area (Å²) in [5, 5.41) is 0. The smallest absolute Gasteiger partial charge is 0.338 e. The third kappa shape index (κ3) is 5.25. The van der Waals surface area contributed by atoms with Crippen molar-refractivity contribution in [1.82, 2.24) is 4.90 Å². The maximum Gasteiger partial charge on any atom is 0.338 e. The molecule has 0 bridgehead atoms. The number of amides is 1. The molecule has 6 heteroatoms. The molecule has 0 aliphatic carbocycles. The summed E-state index contributed by atoms with van der Waals surface area (Å²) in [6, 6.07) is 7.58. The van der Waals surface area contributed by atoms with Crippen LogP contribution >= 0.6 is 0 Å². The Hall–Kier alpha value is -2.08. The molecule has 6 nitrogen and oxygen atoms in total. The SMILES string of the molecule is CCOC(=O)c1cccc(N2CCN(CCCC(N)=O)CC2)c1. The number of nitrogens with zero attached hydrogens (tertiary/aromatic N) is 2. The Morgan fingerprint density at radius 3 is 2.61 bits per heavy atom. The Morgan fingerprint density at radius 2 is 1.96 bits per heavy atom. The molecule has 126 valence electrons. The van der Waals surface area contributed by atoms with Crippen LogP contribution in [0.5, 0.6) is 0 Å². The monoisotopic (exact) mass is 319 g/mol. The molecular weight excluding hydrogens is 294 g/mol. The lowest BCUT2D eigenvalue weighted by atomic mass is 10.1. The van der Waals surface area contributed by atoms with Crippen molar-refractivity contribution in [1.29, 1.82) is 0 Å². The van der Waals surface area contributed by atoms with Gasteiger partial charge in [-0.05, 0) is 38.1 Å². The van der Waals surface area contributed by atoms with E-state index < -0.39 is 0 Å². The van der Waals surface area contributed by atoms with E-state index in [2.05, 4.69) is 9.80 Å². The molecule has 0 unspecified atom stereocenters. The minimum atomic E-state index is -0.278. The van der Waals surface area contributed by atoms with Crippen LogP contribution in [-0.4, -0.2) is 56.1 Å². The third-order valence-electron chi connectivity index (χ3n) is 3.99. The number of primary amides is 1. The molecule has 1 amide bonds. The van der Waals surface area contributed by atoms with E-state index in [1.165, 1.54) is 0 Å². The highest BCUT2D eigenvalue weighted by molar-refractivity contribution is 5.90. The van der Waals surface area contributed by atoms with Gasteiger partial charge in [0.25, 0.3) is 0 Å². The highest BCUT2D eigenvalue weighted by Gasteiger charge is 2.18. The third-order valence-corrected chi connectivity index (χ3v) is 3.99. The Bertz CT molecular complexity index is 540. The number of hydrogen-bond donors (Lipinski definition) is 1. The lowest BCUT2D eigenvalue weighted by molar-refractivity contribution is -0.118. The molecule has 1 aromatic carbocycles. The van der Waals surface area contributed by atoms with E-state index >= 15 is 0 Å². The molecule has 1 aromatic rings. The zero-order chi connectivity index (χ0) is 16.7. The summed E-state index contributed by atoms with van der Waals surface area (Å²) in [4.78, 5) is 27.2. The fourth-order valence-electron chi connectivity index (χ4n) is 2.75. The van der Waals surface area contributed by atoms with Crippen LogP contribution in [0.15, 0.2) is 24.3 Å². The highest BCUT2D eigenvalue weighted by atomic mass is 16.5. The molecule has 1 fully saturated rings. The number of piperazine rings is 1. The van der Waals surface area contributed by atoms with Gasteiger partial charge in [0.05, 0.1) is 12.2 Å². The Balaban J connectivity index is 1.86. The van der Waals surface area contributed by atoms with E-state index in [1.54, 1.807) is 13.0 Å². The first-order valence-corrected chi connectivity index (χ1v) is 8.13. The Labute approximate surface area is 137 Å². The molecule has 1 saturated heterocycles. The van der Waals surface area contributed by atoms with Gasteiger partial charge in [-0.25, -0.2) is 4.79 Å². The molecule has 1 heterocycles. The molecule has 2 rings (SSSR count). The second-order valence-corrected chi connectivity index (χ2v) is 5.67. The molecule has 2 N–H and O–H groups in total. The van der Waals surface area contributed by atoms with E-state index in [0.29, 0.717) is 18.6 Å². The van der Waals surface area contributed by atoms with Gasteiger partial charge in [0.1, 0.15) is 0 Å². The van der Waals surface area contributed by atoms with Crippen molar-refractivity contribution in [3.63, 3.8) is 0 Å². The number of anilines is 1. The van der Waals surface area contributed by atoms with Crippen LogP contribution in [0.3, 0.4) is 0 Å². The van der Waals surface area contributed by atoms with Crippen molar-refractivity contribution >= 4 is 17.6 Å². The van der Waals surface area contributed by atoms with Crippen LogP contribution < -0.4 is 10.6 Å². The van der Waals surface area contributed by atoms with E-state index in [4.69, 9.17) is 10.5 Å². The fraction of sp³-hybridized carbons (Fsp3) is 0.529. The van der Waals surface area contributed by atoms with Crippen LogP contribution in [0.4, 0.5) is 5.69 Å². The summed E-state index contributed by atoms with van der Waals surface area (Å²) in [6.45, 7) is 6.79. The zero-order valence-electron chi connectivity index (χ0n) is 13.7.